The third-order valence-electron chi connectivity index (χ3n) is 6.66. The van der Waals surface area contributed by atoms with E-state index in [0.717, 1.165) is 0 Å². The normalized spacial score (nSPS) is 14.9. The maximum absolute atomic E-state index is 13.9. The van der Waals surface area contributed by atoms with Crippen LogP contribution >= 0.6 is 22.9 Å². The molecule has 0 amide bonds. The van der Waals surface area contributed by atoms with Crippen molar-refractivity contribution < 1.29 is 28.2 Å². The number of benzene rings is 2. The van der Waals surface area contributed by atoms with Gasteiger partial charge in [0.05, 0.1) is 47.2 Å². The van der Waals surface area contributed by atoms with Crippen molar-refractivity contribution >= 4 is 41.0 Å². The average molecular weight is 621 g/mol. The summed E-state index contributed by atoms with van der Waals surface area (Å²) in [6.45, 7) is 7.17. The van der Waals surface area contributed by atoms with E-state index in [4.69, 9.17) is 30.2 Å². The van der Waals surface area contributed by atoms with Crippen molar-refractivity contribution in [2.75, 3.05) is 13.7 Å². The highest BCUT2D eigenvalue weighted by atomic mass is 35.5. The Morgan fingerprint density at radius 1 is 1.12 bits per heavy atom. The number of furan rings is 1. The number of thiazole rings is 1. The van der Waals surface area contributed by atoms with Crippen LogP contribution in [0.5, 0.6) is 5.75 Å². The lowest BCUT2D eigenvalue weighted by Crippen LogP contribution is -2.39. The van der Waals surface area contributed by atoms with Crippen molar-refractivity contribution in [3.05, 3.63) is 107 Å². The van der Waals surface area contributed by atoms with Gasteiger partial charge in [-0.05, 0) is 75.7 Å². The van der Waals surface area contributed by atoms with Crippen molar-refractivity contribution in [3.63, 3.8) is 0 Å². The van der Waals surface area contributed by atoms with Gasteiger partial charge in [-0.15, -0.1) is 0 Å². The fourth-order valence-electron chi connectivity index (χ4n) is 4.77. The minimum Gasteiger partial charge on any atom is -0.497 e. The van der Waals surface area contributed by atoms with E-state index in [1.165, 1.54) is 15.9 Å². The molecule has 4 aromatic rings. The molecule has 2 aromatic carbocycles. The second-order valence-electron chi connectivity index (χ2n) is 9.92. The minimum absolute atomic E-state index is 0.180. The van der Waals surface area contributed by atoms with Gasteiger partial charge in [-0.2, -0.15) is 0 Å². The summed E-state index contributed by atoms with van der Waals surface area (Å²) in [5.41, 5.74) is 1.88. The Bertz CT molecular complexity index is 1920. The lowest BCUT2D eigenvalue weighted by Gasteiger charge is -2.24. The molecule has 222 valence electrons. The molecule has 0 saturated carbocycles. The molecule has 2 aromatic heterocycles. The number of hydrogen-bond donors (Lipinski definition) is 0. The highest BCUT2D eigenvalue weighted by molar-refractivity contribution is 7.07. The van der Waals surface area contributed by atoms with Crippen molar-refractivity contribution in [1.82, 2.24) is 4.57 Å². The van der Waals surface area contributed by atoms with Crippen LogP contribution in [0, 0.1) is 0 Å². The molecule has 0 saturated heterocycles. The SMILES string of the molecule is CCOC(=O)C1=C(C)N=c2s/c(=C/c3ccc(-c4cc(Cl)ccc4C(=O)OC(C)C)o3)c(=O)n2[C@@H]1c1ccc(OC)cc1. The first-order valence-electron chi connectivity index (χ1n) is 13.6. The largest absolute Gasteiger partial charge is 0.497 e. The van der Waals surface area contributed by atoms with Crippen molar-refractivity contribution in [3.8, 4) is 17.1 Å². The Morgan fingerprint density at radius 3 is 2.53 bits per heavy atom. The molecule has 43 heavy (non-hydrogen) atoms. The maximum atomic E-state index is 13.9. The number of carbonyl (C=O) groups is 2. The summed E-state index contributed by atoms with van der Waals surface area (Å²) in [5, 5.41) is 0.425. The fourth-order valence-corrected chi connectivity index (χ4v) is 5.97. The molecule has 0 spiro atoms. The van der Waals surface area contributed by atoms with Gasteiger partial charge in [-0.25, -0.2) is 14.6 Å². The molecule has 1 aliphatic heterocycles. The van der Waals surface area contributed by atoms with Crippen LogP contribution in [0.25, 0.3) is 17.4 Å². The average Bonchev–Trinajstić information content (AvgIpc) is 3.56. The van der Waals surface area contributed by atoms with Crippen LogP contribution in [0.3, 0.4) is 0 Å². The number of fused-ring (bicyclic) bond motifs is 1. The first-order valence-corrected chi connectivity index (χ1v) is 14.7. The summed E-state index contributed by atoms with van der Waals surface area (Å²) in [5.74, 6) is 0.366. The number of carbonyl (C=O) groups excluding carboxylic acids is 2. The van der Waals surface area contributed by atoms with Gasteiger partial charge in [-0.3, -0.25) is 9.36 Å². The topological polar surface area (TPSA) is 109 Å². The Labute approximate surface area is 256 Å². The molecule has 1 atom stereocenters. The quantitative estimate of drug-likeness (QED) is 0.246. The summed E-state index contributed by atoms with van der Waals surface area (Å²) >= 11 is 7.42. The van der Waals surface area contributed by atoms with E-state index in [9.17, 15) is 14.4 Å². The van der Waals surface area contributed by atoms with Gasteiger partial charge < -0.3 is 18.6 Å². The van der Waals surface area contributed by atoms with E-state index in [-0.39, 0.29) is 23.8 Å². The van der Waals surface area contributed by atoms with Crippen LogP contribution in [-0.4, -0.2) is 36.3 Å². The van der Waals surface area contributed by atoms with Gasteiger partial charge in [0.1, 0.15) is 17.3 Å². The molecule has 3 heterocycles. The van der Waals surface area contributed by atoms with Crippen LogP contribution in [0.1, 0.15) is 55.4 Å². The molecular weight excluding hydrogens is 592 g/mol. The third kappa shape index (κ3) is 6.07. The van der Waals surface area contributed by atoms with Crippen molar-refractivity contribution in [1.29, 1.82) is 0 Å². The molecule has 0 unspecified atom stereocenters. The van der Waals surface area contributed by atoms with Gasteiger partial charge in [-0.1, -0.05) is 35.1 Å². The number of rotatable bonds is 8. The zero-order chi connectivity index (χ0) is 30.8. The zero-order valence-corrected chi connectivity index (χ0v) is 25.7. The number of ether oxygens (including phenoxy) is 3. The smallest absolute Gasteiger partial charge is 0.339 e. The lowest BCUT2D eigenvalue weighted by molar-refractivity contribution is -0.139. The number of allylic oxidation sites excluding steroid dienone is 1. The molecule has 0 radical (unpaired) electrons. The van der Waals surface area contributed by atoms with Crippen LogP contribution in [0.15, 0.2) is 80.1 Å². The number of aromatic nitrogens is 1. The van der Waals surface area contributed by atoms with E-state index in [0.29, 0.717) is 54.0 Å². The van der Waals surface area contributed by atoms with Gasteiger partial charge in [0.25, 0.3) is 5.56 Å². The summed E-state index contributed by atoms with van der Waals surface area (Å²) in [6, 6.07) is 14.6. The highest BCUT2D eigenvalue weighted by Crippen LogP contribution is 2.32. The summed E-state index contributed by atoms with van der Waals surface area (Å²) in [7, 11) is 1.57. The van der Waals surface area contributed by atoms with E-state index >= 15 is 0 Å². The molecule has 1 aliphatic rings. The van der Waals surface area contributed by atoms with Crippen molar-refractivity contribution in [2.24, 2.45) is 4.99 Å². The number of esters is 2. The number of nitrogens with zero attached hydrogens (tertiary/aromatic N) is 2. The molecule has 0 fully saturated rings. The first-order chi connectivity index (χ1) is 20.6. The molecule has 0 aliphatic carbocycles. The Hall–Kier alpha value is -4.41. The third-order valence-corrected chi connectivity index (χ3v) is 7.88. The molecule has 9 nitrogen and oxygen atoms in total. The first kappa shape index (κ1) is 30.1. The molecule has 5 rings (SSSR count). The Kier molecular flexibility index (Phi) is 8.70. The van der Waals surface area contributed by atoms with Gasteiger partial charge >= 0.3 is 11.9 Å². The van der Waals surface area contributed by atoms with Crippen LogP contribution in [0.2, 0.25) is 5.02 Å². The zero-order valence-electron chi connectivity index (χ0n) is 24.2. The monoisotopic (exact) mass is 620 g/mol. The summed E-state index contributed by atoms with van der Waals surface area (Å²) < 4.78 is 23.9. The predicted molar refractivity (Wildman–Crippen MR) is 163 cm³/mol. The predicted octanol–water partition coefficient (Wildman–Crippen LogP) is 5.29. The van der Waals surface area contributed by atoms with Gasteiger partial charge in [0.2, 0.25) is 0 Å². The molecule has 11 heteroatoms. The fraction of sp³-hybridized carbons (Fsp3) is 0.250. The summed E-state index contributed by atoms with van der Waals surface area (Å²) in [6.07, 6.45) is 1.31. The number of hydrogen-bond acceptors (Lipinski definition) is 9. The highest BCUT2D eigenvalue weighted by Gasteiger charge is 2.33. The van der Waals surface area contributed by atoms with E-state index in [1.807, 2.05) is 12.1 Å². The van der Waals surface area contributed by atoms with Crippen LogP contribution in [0.4, 0.5) is 0 Å². The molecule has 0 N–H and O–H groups in total. The second kappa shape index (κ2) is 12.4. The maximum Gasteiger partial charge on any atom is 0.339 e. The van der Waals surface area contributed by atoms with E-state index in [2.05, 4.69) is 4.99 Å². The number of methoxy groups -OCH3 is 1. The van der Waals surface area contributed by atoms with Gasteiger partial charge in [0, 0.05) is 16.7 Å². The number of halogens is 1. The molecule has 0 bridgehead atoms. The molecular formula is C32H29ClN2O7S. The van der Waals surface area contributed by atoms with Crippen LogP contribution < -0.4 is 19.6 Å². The second-order valence-corrected chi connectivity index (χ2v) is 11.4. The summed E-state index contributed by atoms with van der Waals surface area (Å²) in [4.78, 5) is 44.7. The standard InChI is InChI=1S/C32H29ClN2O7S/c1-6-40-31(38)27-18(4)34-32-35(28(27)19-7-10-21(39-5)11-8-19)29(36)26(43-32)16-22-12-14-25(42-22)24-15-20(33)9-13-23(24)30(37)41-17(2)3/h7-17,28H,6H2,1-5H3/b26-16+/t28-/m1/s1. The van der Waals surface area contributed by atoms with E-state index in [1.54, 1.807) is 83.3 Å². The lowest BCUT2D eigenvalue weighted by atomic mass is 9.96. The minimum atomic E-state index is -0.753. The van der Waals surface area contributed by atoms with E-state index < -0.39 is 18.0 Å². The Balaban J connectivity index is 1.60. The van der Waals surface area contributed by atoms with Crippen LogP contribution in [-0.2, 0) is 14.3 Å². The van der Waals surface area contributed by atoms with Gasteiger partial charge in [0.15, 0.2) is 4.80 Å². The Morgan fingerprint density at radius 2 is 1.86 bits per heavy atom. The van der Waals surface area contributed by atoms with Crippen molar-refractivity contribution in [2.45, 2.75) is 39.8 Å².